The topological polar surface area (TPSA) is 39.4 Å². The Labute approximate surface area is 121 Å². The summed E-state index contributed by atoms with van der Waals surface area (Å²) in [5.74, 6) is 0.562. The minimum absolute atomic E-state index is 0.375. The molecule has 104 valence electrons. The molecular weight excluding hydrogens is 246 g/mol. The fourth-order valence-electron chi connectivity index (χ4n) is 2.56. The van der Waals surface area contributed by atoms with Gasteiger partial charge in [0.15, 0.2) is 0 Å². The van der Waals surface area contributed by atoms with Gasteiger partial charge in [-0.15, -0.1) is 0 Å². The number of nitriles is 1. The van der Waals surface area contributed by atoms with E-state index in [4.69, 9.17) is 5.26 Å². The molecule has 1 heterocycles. The maximum absolute atomic E-state index is 9.03. The van der Waals surface area contributed by atoms with Gasteiger partial charge in [0.1, 0.15) is 0 Å². The average molecular weight is 267 g/mol. The van der Waals surface area contributed by atoms with Crippen molar-refractivity contribution in [2.75, 3.05) is 5.01 Å². The second-order valence-corrected chi connectivity index (χ2v) is 5.41. The highest BCUT2D eigenvalue weighted by Crippen LogP contribution is 2.31. The molecule has 0 fully saturated rings. The van der Waals surface area contributed by atoms with Crippen LogP contribution in [0.2, 0.25) is 0 Å². The molecule has 0 amide bonds. The van der Waals surface area contributed by atoms with E-state index in [1.165, 1.54) is 0 Å². The number of hydrogen-bond acceptors (Lipinski definition) is 3. The third-order valence-corrected chi connectivity index (χ3v) is 4.10. The molecule has 2 rings (SSSR count). The van der Waals surface area contributed by atoms with Crippen LogP contribution in [-0.4, -0.2) is 11.8 Å². The first kappa shape index (κ1) is 14.3. The van der Waals surface area contributed by atoms with Crippen molar-refractivity contribution >= 4 is 11.4 Å². The number of hydrazone groups is 1. The largest absolute Gasteiger partial charge is 0.262 e. The van der Waals surface area contributed by atoms with E-state index in [0.717, 1.165) is 35.4 Å². The Balaban J connectivity index is 2.37. The quantitative estimate of drug-likeness (QED) is 0.826. The molecule has 0 saturated heterocycles. The third-order valence-electron chi connectivity index (χ3n) is 4.10. The van der Waals surface area contributed by atoms with Gasteiger partial charge in [-0.2, -0.15) is 10.4 Å². The van der Waals surface area contributed by atoms with Crippen molar-refractivity contribution in [2.45, 2.75) is 39.7 Å². The second-order valence-electron chi connectivity index (χ2n) is 5.41. The van der Waals surface area contributed by atoms with Crippen LogP contribution in [0.1, 0.15) is 37.8 Å². The molecule has 0 N–H and O–H groups in total. The Bertz CT molecular complexity index is 580. The Kier molecular flexibility index (Phi) is 4.24. The molecule has 20 heavy (non-hydrogen) atoms. The summed E-state index contributed by atoms with van der Waals surface area (Å²) in [5.41, 5.74) is 3.82. The molecule has 0 aliphatic carbocycles. The van der Waals surface area contributed by atoms with Crippen LogP contribution in [0.4, 0.5) is 5.69 Å². The van der Waals surface area contributed by atoms with E-state index in [1.54, 1.807) is 0 Å². The monoisotopic (exact) mass is 267 g/mol. The van der Waals surface area contributed by atoms with Crippen molar-refractivity contribution in [3.8, 4) is 6.07 Å². The van der Waals surface area contributed by atoms with Crippen LogP contribution in [0.5, 0.6) is 0 Å². The summed E-state index contributed by atoms with van der Waals surface area (Å²) in [6.45, 7) is 10.3. The molecule has 0 spiro atoms. The Morgan fingerprint density at radius 3 is 2.90 bits per heavy atom. The number of hydrogen-bond donors (Lipinski definition) is 0. The molecule has 1 aliphatic rings. The predicted octanol–water partition coefficient (Wildman–Crippen LogP) is 4.03. The fraction of sp³-hybridized carbons (Fsp3) is 0.412. The number of rotatable bonds is 4. The Hall–Kier alpha value is -2.08. The molecule has 0 radical (unpaired) electrons. The van der Waals surface area contributed by atoms with Crippen molar-refractivity contribution in [3.63, 3.8) is 0 Å². The van der Waals surface area contributed by atoms with Gasteiger partial charge in [0.2, 0.25) is 0 Å². The lowest BCUT2D eigenvalue weighted by Gasteiger charge is -2.28. The minimum Gasteiger partial charge on any atom is -0.262 e. The Morgan fingerprint density at radius 1 is 1.60 bits per heavy atom. The van der Waals surface area contributed by atoms with Crippen molar-refractivity contribution in [3.05, 3.63) is 42.0 Å². The smallest absolute Gasteiger partial charge is 0.0994 e. The van der Waals surface area contributed by atoms with Crippen molar-refractivity contribution in [2.24, 2.45) is 11.0 Å². The molecule has 3 nitrogen and oxygen atoms in total. The number of aryl methyl sites for hydroxylation is 1. The summed E-state index contributed by atoms with van der Waals surface area (Å²) in [6.07, 6.45) is 3.90. The van der Waals surface area contributed by atoms with Gasteiger partial charge in [-0.05, 0) is 42.7 Å². The molecule has 0 saturated carbocycles. The van der Waals surface area contributed by atoms with E-state index in [0.29, 0.717) is 12.0 Å². The molecule has 0 bridgehead atoms. The molecule has 3 heteroatoms. The van der Waals surface area contributed by atoms with Crippen LogP contribution >= 0.6 is 0 Å². The maximum Gasteiger partial charge on any atom is 0.0994 e. The van der Waals surface area contributed by atoms with Crippen LogP contribution in [0.15, 0.2) is 36.0 Å². The molecule has 1 aliphatic heterocycles. The van der Waals surface area contributed by atoms with Gasteiger partial charge in [-0.1, -0.05) is 26.8 Å². The highest BCUT2D eigenvalue weighted by molar-refractivity contribution is 5.97. The second kappa shape index (κ2) is 5.92. The molecular formula is C17H21N3. The summed E-state index contributed by atoms with van der Waals surface area (Å²) in [4.78, 5) is 0. The highest BCUT2D eigenvalue weighted by atomic mass is 15.5. The number of anilines is 1. The zero-order valence-electron chi connectivity index (χ0n) is 12.4. The third kappa shape index (κ3) is 2.60. The summed E-state index contributed by atoms with van der Waals surface area (Å²) < 4.78 is 0. The predicted molar refractivity (Wildman–Crippen MR) is 83.9 cm³/mol. The van der Waals surface area contributed by atoms with Gasteiger partial charge in [0.25, 0.3) is 0 Å². The van der Waals surface area contributed by atoms with Crippen LogP contribution in [0.25, 0.3) is 0 Å². The van der Waals surface area contributed by atoms with Crippen LogP contribution < -0.4 is 5.01 Å². The number of nitrogens with zero attached hydrogens (tertiary/aromatic N) is 3. The van der Waals surface area contributed by atoms with Gasteiger partial charge in [-0.3, -0.25) is 5.01 Å². The number of benzene rings is 1. The first-order valence-corrected chi connectivity index (χ1v) is 7.10. The first-order chi connectivity index (χ1) is 9.60. The SMILES string of the molecule is C=CC1=NN(c2ccc(C#N)c(C)c2)C(C(C)CC)C1. The lowest BCUT2D eigenvalue weighted by Crippen LogP contribution is -2.32. The van der Waals surface area contributed by atoms with Gasteiger partial charge in [-0.25, -0.2) is 0 Å². The van der Waals surface area contributed by atoms with Crippen molar-refractivity contribution in [1.29, 1.82) is 5.26 Å². The van der Waals surface area contributed by atoms with E-state index in [-0.39, 0.29) is 0 Å². The minimum atomic E-state index is 0.375. The first-order valence-electron chi connectivity index (χ1n) is 7.10. The number of allylic oxidation sites excluding steroid dienone is 1. The highest BCUT2D eigenvalue weighted by Gasteiger charge is 2.30. The molecule has 1 aromatic rings. The van der Waals surface area contributed by atoms with Crippen molar-refractivity contribution < 1.29 is 0 Å². The van der Waals surface area contributed by atoms with E-state index >= 15 is 0 Å². The maximum atomic E-state index is 9.03. The summed E-state index contributed by atoms with van der Waals surface area (Å²) in [5, 5.41) is 15.8. The van der Waals surface area contributed by atoms with E-state index in [2.05, 4.69) is 36.6 Å². The van der Waals surface area contributed by atoms with Gasteiger partial charge < -0.3 is 0 Å². The van der Waals surface area contributed by atoms with Crippen LogP contribution in [0, 0.1) is 24.2 Å². The zero-order valence-corrected chi connectivity index (χ0v) is 12.4. The van der Waals surface area contributed by atoms with E-state index in [9.17, 15) is 0 Å². The Morgan fingerprint density at radius 2 is 2.35 bits per heavy atom. The normalized spacial score (nSPS) is 19.4. The molecule has 0 aromatic heterocycles. The molecule has 1 aromatic carbocycles. The van der Waals surface area contributed by atoms with Crippen LogP contribution in [-0.2, 0) is 0 Å². The summed E-state index contributed by atoms with van der Waals surface area (Å²) in [7, 11) is 0. The van der Waals surface area contributed by atoms with E-state index in [1.807, 2.05) is 31.2 Å². The van der Waals surface area contributed by atoms with Gasteiger partial charge in [0.05, 0.1) is 29.1 Å². The lowest BCUT2D eigenvalue weighted by atomic mass is 9.94. The van der Waals surface area contributed by atoms with Crippen molar-refractivity contribution in [1.82, 2.24) is 0 Å². The average Bonchev–Trinajstić information content (AvgIpc) is 2.90. The van der Waals surface area contributed by atoms with Gasteiger partial charge in [0, 0.05) is 6.42 Å². The van der Waals surface area contributed by atoms with Crippen LogP contribution in [0.3, 0.4) is 0 Å². The summed E-state index contributed by atoms with van der Waals surface area (Å²) in [6, 6.07) is 8.49. The molecule has 2 unspecified atom stereocenters. The van der Waals surface area contributed by atoms with E-state index < -0.39 is 0 Å². The summed E-state index contributed by atoms with van der Waals surface area (Å²) >= 11 is 0. The molecule has 2 atom stereocenters. The lowest BCUT2D eigenvalue weighted by molar-refractivity contribution is 0.441. The fourth-order valence-corrected chi connectivity index (χ4v) is 2.56. The van der Waals surface area contributed by atoms with Gasteiger partial charge >= 0.3 is 0 Å². The standard InChI is InChI=1S/C17H21N3/c1-5-12(3)17-10-15(6-2)19-20(17)16-8-7-14(11-18)13(4)9-16/h6-9,12,17H,2,5,10H2,1,3-4H3. The zero-order chi connectivity index (χ0) is 14.7.